The Labute approximate surface area is 69.9 Å². The zero-order valence-corrected chi connectivity index (χ0v) is 7.40. The van der Waals surface area contributed by atoms with Crippen LogP contribution in [0.15, 0.2) is 0 Å². The first-order valence-electron chi connectivity index (χ1n) is 3.62. The minimum absolute atomic E-state index is 0.0324. The van der Waals surface area contributed by atoms with Gasteiger partial charge in [0, 0.05) is 6.92 Å². The van der Waals surface area contributed by atoms with Gasteiger partial charge in [-0.05, 0) is 6.42 Å². The number of carbonyl (C=O) groups excluding carboxylic acids is 2. The third-order valence-corrected chi connectivity index (χ3v) is 2.75. The van der Waals surface area contributed by atoms with E-state index >= 15 is 0 Å². The number of β-lactam (4-membered cyclic amide) rings is 1. The minimum Gasteiger partial charge on any atom is -0.343 e. The van der Waals surface area contributed by atoms with Crippen LogP contribution in [0, 0.1) is 5.92 Å². The molecule has 1 rings (SSSR count). The summed E-state index contributed by atoms with van der Waals surface area (Å²) in [7, 11) is 0. The summed E-state index contributed by atoms with van der Waals surface area (Å²) < 4.78 is 0. The highest BCUT2D eigenvalue weighted by Crippen LogP contribution is 2.28. The van der Waals surface area contributed by atoms with Crippen molar-refractivity contribution in [2.45, 2.75) is 25.6 Å². The summed E-state index contributed by atoms with van der Waals surface area (Å²) in [5.74, 6) is 0.121. The smallest absolute Gasteiger partial charge is 0.226 e. The van der Waals surface area contributed by atoms with Crippen LogP contribution in [0.25, 0.3) is 0 Å². The lowest BCUT2D eigenvalue weighted by molar-refractivity contribution is -0.132. The van der Waals surface area contributed by atoms with E-state index in [4.69, 9.17) is 0 Å². The molecule has 1 aliphatic rings. The third kappa shape index (κ3) is 1.74. The molecule has 1 fully saturated rings. The summed E-state index contributed by atoms with van der Waals surface area (Å²) in [6.07, 6.45) is 0.816. The first-order valence-corrected chi connectivity index (χ1v) is 4.50. The van der Waals surface area contributed by atoms with Gasteiger partial charge >= 0.3 is 0 Å². The zero-order chi connectivity index (χ0) is 8.43. The van der Waals surface area contributed by atoms with E-state index in [0.29, 0.717) is 0 Å². The molecule has 3 nitrogen and oxygen atoms in total. The van der Waals surface area contributed by atoms with Gasteiger partial charge in [0.05, 0.1) is 11.3 Å². The molecule has 0 saturated carbocycles. The Bertz CT molecular complexity index is 193. The standard InChI is InChI=1S/C7H11NO2S/c1-3-5-6(10)8-7(5)11-4(2)9/h5,7H,3H2,1-2H3,(H,8,10)/t5-,7+/m1/s1. The highest BCUT2D eigenvalue weighted by atomic mass is 32.2. The van der Waals surface area contributed by atoms with Gasteiger partial charge < -0.3 is 5.32 Å². The average Bonchev–Trinajstić information content (AvgIpc) is 1.86. The van der Waals surface area contributed by atoms with Crippen LogP contribution in [0.2, 0.25) is 0 Å². The van der Waals surface area contributed by atoms with Crippen LogP contribution in [0.5, 0.6) is 0 Å². The van der Waals surface area contributed by atoms with E-state index in [-0.39, 0.29) is 22.3 Å². The fourth-order valence-corrected chi connectivity index (χ4v) is 2.09. The first-order chi connectivity index (χ1) is 5.15. The second-order valence-electron chi connectivity index (χ2n) is 2.55. The minimum atomic E-state index is 0.0324. The predicted molar refractivity (Wildman–Crippen MR) is 44.0 cm³/mol. The van der Waals surface area contributed by atoms with Gasteiger partial charge in [0.2, 0.25) is 5.91 Å². The van der Waals surface area contributed by atoms with Crippen LogP contribution >= 0.6 is 11.8 Å². The van der Waals surface area contributed by atoms with E-state index in [2.05, 4.69) is 5.32 Å². The van der Waals surface area contributed by atoms with Crippen molar-refractivity contribution >= 4 is 22.8 Å². The summed E-state index contributed by atoms with van der Waals surface area (Å²) in [6, 6.07) is 0. The van der Waals surface area contributed by atoms with Crippen molar-refractivity contribution in [2.24, 2.45) is 5.92 Å². The van der Waals surface area contributed by atoms with Crippen LogP contribution in [-0.4, -0.2) is 16.4 Å². The van der Waals surface area contributed by atoms with Crippen molar-refractivity contribution in [1.82, 2.24) is 5.32 Å². The monoisotopic (exact) mass is 173 g/mol. The van der Waals surface area contributed by atoms with Crippen molar-refractivity contribution in [3.8, 4) is 0 Å². The molecule has 1 aliphatic heterocycles. The zero-order valence-electron chi connectivity index (χ0n) is 6.59. The maximum absolute atomic E-state index is 10.8. The van der Waals surface area contributed by atoms with E-state index in [1.54, 1.807) is 0 Å². The molecule has 0 spiro atoms. The summed E-state index contributed by atoms with van der Waals surface area (Å²) in [5.41, 5.74) is 0. The maximum atomic E-state index is 10.8. The Kier molecular flexibility index (Phi) is 2.54. The van der Waals surface area contributed by atoms with E-state index in [1.165, 1.54) is 18.7 Å². The van der Waals surface area contributed by atoms with Crippen molar-refractivity contribution in [3.05, 3.63) is 0 Å². The fraction of sp³-hybridized carbons (Fsp3) is 0.714. The van der Waals surface area contributed by atoms with Gasteiger partial charge in [-0.1, -0.05) is 18.7 Å². The largest absolute Gasteiger partial charge is 0.343 e. The topological polar surface area (TPSA) is 46.2 Å². The highest BCUT2D eigenvalue weighted by molar-refractivity contribution is 8.14. The number of thioether (sulfide) groups is 1. The number of carbonyl (C=O) groups is 2. The van der Waals surface area contributed by atoms with Gasteiger partial charge in [0.25, 0.3) is 0 Å². The van der Waals surface area contributed by atoms with E-state index in [0.717, 1.165) is 6.42 Å². The maximum Gasteiger partial charge on any atom is 0.226 e. The molecule has 4 heteroatoms. The molecule has 0 aliphatic carbocycles. The van der Waals surface area contributed by atoms with Crippen LogP contribution in [0.3, 0.4) is 0 Å². The summed E-state index contributed by atoms with van der Waals surface area (Å²) >= 11 is 1.21. The van der Waals surface area contributed by atoms with E-state index < -0.39 is 0 Å². The van der Waals surface area contributed by atoms with Gasteiger partial charge in [-0.15, -0.1) is 0 Å². The van der Waals surface area contributed by atoms with Gasteiger partial charge in [0.15, 0.2) is 5.12 Å². The third-order valence-electron chi connectivity index (χ3n) is 1.72. The molecule has 0 bridgehead atoms. The van der Waals surface area contributed by atoms with Crippen molar-refractivity contribution in [2.75, 3.05) is 0 Å². The molecule has 0 unspecified atom stereocenters. The lowest BCUT2D eigenvalue weighted by atomic mass is 9.99. The number of amides is 1. The molecule has 1 N–H and O–H groups in total. The summed E-state index contributed by atoms with van der Waals surface area (Å²) in [5, 5.41) is 2.77. The lowest BCUT2D eigenvalue weighted by Gasteiger charge is -2.34. The van der Waals surface area contributed by atoms with Gasteiger partial charge in [-0.2, -0.15) is 0 Å². The molecule has 1 amide bonds. The highest BCUT2D eigenvalue weighted by Gasteiger charge is 2.38. The Balaban J connectivity index is 2.38. The fourth-order valence-electron chi connectivity index (χ4n) is 1.08. The summed E-state index contributed by atoms with van der Waals surface area (Å²) in [4.78, 5) is 21.4. The van der Waals surface area contributed by atoms with Crippen LogP contribution in [-0.2, 0) is 9.59 Å². The van der Waals surface area contributed by atoms with Crippen molar-refractivity contribution in [1.29, 1.82) is 0 Å². The lowest BCUT2D eigenvalue weighted by Crippen LogP contribution is -2.56. The van der Waals surface area contributed by atoms with Crippen LogP contribution in [0.1, 0.15) is 20.3 Å². The Morgan fingerprint density at radius 1 is 1.73 bits per heavy atom. The van der Waals surface area contributed by atoms with Crippen LogP contribution < -0.4 is 5.32 Å². The SMILES string of the molecule is CC[C@@H]1C(=O)N[C@H]1SC(C)=O. The molecule has 11 heavy (non-hydrogen) atoms. The van der Waals surface area contributed by atoms with E-state index in [1.807, 2.05) is 6.92 Å². The number of hydrogen-bond acceptors (Lipinski definition) is 3. The van der Waals surface area contributed by atoms with Gasteiger partial charge in [-0.3, -0.25) is 9.59 Å². The number of hydrogen-bond donors (Lipinski definition) is 1. The Hall–Kier alpha value is -0.510. The Morgan fingerprint density at radius 3 is 2.73 bits per heavy atom. The summed E-state index contributed by atoms with van der Waals surface area (Å²) in [6.45, 7) is 3.47. The second-order valence-corrected chi connectivity index (χ2v) is 3.87. The van der Waals surface area contributed by atoms with E-state index in [9.17, 15) is 9.59 Å². The molecule has 0 aromatic rings. The molecule has 0 aromatic heterocycles. The molecule has 2 atom stereocenters. The quantitative estimate of drug-likeness (QED) is 0.627. The predicted octanol–water partition coefficient (Wildman–Crippen LogP) is 0.748. The van der Waals surface area contributed by atoms with Crippen molar-refractivity contribution < 1.29 is 9.59 Å². The molecule has 62 valence electrons. The van der Waals surface area contributed by atoms with Crippen LogP contribution in [0.4, 0.5) is 0 Å². The molecule has 0 radical (unpaired) electrons. The Morgan fingerprint density at radius 2 is 2.36 bits per heavy atom. The normalized spacial score (nSPS) is 29.1. The number of rotatable bonds is 2. The molecule has 1 heterocycles. The van der Waals surface area contributed by atoms with Gasteiger partial charge in [-0.25, -0.2) is 0 Å². The van der Waals surface area contributed by atoms with Gasteiger partial charge in [0.1, 0.15) is 0 Å². The number of nitrogens with one attached hydrogen (secondary N) is 1. The first kappa shape index (κ1) is 8.59. The molecule has 0 aromatic carbocycles. The van der Waals surface area contributed by atoms with Crippen molar-refractivity contribution in [3.63, 3.8) is 0 Å². The average molecular weight is 173 g/mol. The molecular formula is C7H11NO2S. The second kappa shape index (κ2) is 3.26. The molecule has 1 saturated heterocycles. The molecular weight excluding hydrogens is 162 g/mol.